The van der Waals surface area contributed by atoms with Crippen molar-refractivity contribution in [2.24, 2.45) is 0 Å². The summed E-state index contributed by atoms with van der Waals surface area (Å²) in [4.78, 5) is 41.7. The minimum atomic E-state index is -1.21. The number of carbonyl (C=O) groups excluding carboxylic acids is 3. The highest BCUT2D eigenvalue weighted by molar-refractivity contribution is 9.10. The molecule has 33 heavy (non-hydrogen) atoms. The Morgan fingerprint density at radius 3 is 2.21 bits per heavy atom. The maximum Gasteiger partial charge on any atom is 0.333 e. The van der Waals surface area contributed by atoms with Crippen LogP contribution < -0.4 is 5.32 Å². The summed E-state index contributed by atoms with van der Waals surface area (Å²) < 4.78 is 5.75. The number of esters is 1. The number of nitrogens with one attached hydrogen (secondary N) is 1. The smallest absolute Gasteiger partial charge is 0.333 e. The summed E-state index contributed by atoms with van der Waals surface area (Å²) in [6.45, 7) is 0. The van der Waals surface area contributed by atoms with Crippen molar-refractivity contribution in [1.29, 1.82) is 0 Å². The highest BCUT2D eigenvalue weighted by Crippen LogP contribution is 2.39. The van der Waals surface area contributed by atoms with Crippen molar-refractivity contribution in [3.63, 3.8) is 0 Å². The van der Waals surface area contributed by atoms with Gasteiger partial charge in [-0.1, -0.05) is 63.4 Å². The fourth-order valence-electron chi connectivity index (χ4n) is 3.78. The molecule has 3 aromatic carbocycles. The summed E-state index contributed by atoms with van der Waals surface area (Å²) in [5.41, 5.74) is 1.51. The number of benzene rings is 3. The number of methoxy groups -OCH3 is 1. The van der Waals surface area contributed by atoms with Crippen molar-refractivity contribution < 1.29 is 19.1 Å². The Morgan fingerprint density at radius 1 is 1.00 bits per heavy atom. The maximum atomic E-state index is 13.9. The summed E-state index contributed by atoms with van der Waals surface area (Å²) in [6.07, 6.45) is 0. The molecule has 1 aliphatic heterocycles. The molecule has 0 spiro atoms. The predicted molar refractivity (Wildman–Crippen MR) is 129 cm³/mol. The van der Waals surface area contributed by atoms with Gasteiger partial charge in [-0.2, -0.15) is 0 Å². The molecule has 0 aliphatic carbocycles. The number of halogens is 3. The molecule has 168 valence electrons. The molecule has 1 N–H and O–H groups in total. The molecule has 2 atom stereocenters. The minimum Gasteiger partial charge on any atom is -0.467 e. The van der Waals surface area contributed by atoms with Crippen molar-refractivity contribution in [2.75, 3.05) is 12.4 Å². The van der Waals surface area contributed by atoms with Gasteiger partial charge in [0.2, 0.25) is 0 Å². The zero-order valence-electron chi connectivity index (χ0n) is 17.2. The van der Waals surface area contributed by atoms with E-state index < -0.39 is 29.9 Å². The molecule has 2 amide bonds. The normalized spacial score (nSPS) is 16.5. The van der Waals surface area contributed by atoms with E-state index in [0.29, 0.717) is 31.3 Å². The molecule has 3 aromatic rings. The number of anilines is 1. The lowest BCUT2D eigenvalue weighted by Gasteiger charge is -2.35. The third-order valence-corrected chi connectivity index (χ3v) is 6.30. The van der Waals surface area contributed by atoms with E-state index in [1.807, 2.05) is 0 Å². The SMILES string of the molecule is COC(=O)C(c1ccc(Cl)cc1)N1C(=O)c2ccc(Br)cc2NC(=O)C1c1ccc(Cl)cc1. The molecule has 0 saturated heterocycles. The van der Waals surface area contributed by atoms with Crippen molar-refractivity contribution >= 4 is 62.6 Å². The molecule has 0 saturated carbocycles. The number of rotatable bonds is 4. The molecule has 4 rings (SSSR count). The summed E-state index contributed by atoms with van der Waals surface area (Å²) in [5, 5.41) is 3.76. The molecular weight excluding hydrogens is 531 g/mol. The van der Waals surface area contributed by atoms with E-state index in [2.05, 4.69) is 21.2 Å². The fraction of sp³-hybridized carbons (Fsp3) is 0.125. The molecule has 6 nitrogen and oxygen atoms in total. The maximum absolute atomic E-state index is 13.9. The molecule has 2 unspecified atom stereocenters. The molecule has 0 radical (unpaired) electrons. The first kappa shape index (κ1) is 23.3. The number of hydrogen-bond donors (Lipinski definition) is 1. The second-order valence-electron chi connectivity index (χ2n) is 7.32. The van der Waals surface area contributed by atoms with Crippen LogP contribution >= 0.6 is 39.1 Å². The first-order chi connectivity index (χ1) is 15.8. The second-order valence-corrected chi connectivity index (χ2v) is 9.11. The van der Waals surface area contributed by atoms with Crippen LogP contribution in [0.1, 0.15) is 33.6 Å². The van der Waals surface area contributed by atoms with E-state index in [9.17, 15) is 14.4 Å². The van der Waals surface area contributed by atoms with Crippen LogP contribution in [0.5, 0.6) is 0 Å². The number of carbonyl (C=O) groups is 3. The molecular formula is C24H17BrCl2N2O4. The van der Waals surface area contributed by atoms with Crippen LogP contribution in [0.25, 0.3) is 0 Å². The molecule has 1 aliphatic rings. The standard InChI is InChI=1S/C24H17BrCl2N2O4/c1-33-24(32)21(14-4-9-17(27)10-5-14)29-20(13-2-7-16(26)8-3-13)22(30)28-19-12-15(25)6-11-18(19)23(29)31/h2-12,20-21H,1H3,(H,28,30). The fourth-order valence-corrected chi connectivity index (χ4v) is 4.39. The summed E-state index contributed by atoms with van der Waals surface area (Å²) in [7, 11) is 1.23. The average Bonchev–Trinajstić information content (AvgIpc) is 2.89. The first-order valence-corrected chi connectivity index (χ1v) is 11.4. The summed E-state index contributed by atoms with van der Waals surface area (Å²) in [5.74, 6) is -1.69. The van der Waals surface area contributed by atoms with Gasteiger partial charge in [0.1, 0.15) is 6.04 Å². The highest BCUT2D eigenvalue weighted by Gasteiger charge is 2.44. The zero-order chi connectivity index (χ0) is 23.7. The average molecular weight is 548 g/mol. The van der Waals surface area contributed by atoms with Gasteiger partial charge in [0.25, 0.3) is 11.8 Å². The van der Waals surface area contributed by atoms with E-state index >= 15 is 0 Å². The molecule has 1 heterocycles. The van der Waals surface area contributed by atoms with Crippen LogP contribution in [0.4, 0.5) is 5.69 Å². The van der Waals surface area contributed by atoms with Crippen LogP contribution in [-0.4, -0.2) is 29.8 Å². The Kier molecular flexibility index (Phi) is 6.74. The zero-order valence-corrected chi connectivity index (χ0v) is 20.3. The van der Waals surface area contributed by atoms with Crippen molar-refractivity contribution in [1.82, 2.24) is 4.90 Å². The third-order valence-electron chi connectivity index (χ3n) is 5.31. The Balaban J connectivity index is 1.96. The quantitative estimate of drug-likeness (QED) is 0.418. The third kappa shape index (κ3) is 4.62. The monoisotopic (exact) mass is 546 g/mol. The van der Waals surface area contributed by atoms with Crippen molar-refractivity contribution in [2.45, 2.75) is 12.1 Å². The van der Waals surface area contributed by atoms with Crippen LogP contribution in [-0.2, 0) is 14.3 Å². The Labute approximate surface area is 208 Å². The summed E-state index contributed by atoms with van der Waals surface area (Å²) in [6, 6.07) is 15.6. The largest absolute Gasteiger partial charge is 0.467 e. The molecule has 0 aromatic heterocycles. The number of hydrogen-bond acceptors (Lipinski definition) is 4. The van der Waals surface area contributed by atoms with Crippen molar-refractivity contribution in [3.8, 4) is 0 Å². The second kappa shape index (κ2) is 9.55. The van der Waals surface area contributed by atoms with Gasteiger partial charge < -0.3 is 15.0 Å². The van der Waals surface area contributed by atoms with Crippen LogP contribution in [0.15, 0.2) is 71.2 Å². The number of nitrogens with zero attached hydrogens (tertiary/aromatic N) is 1. The van der Waals surface area contributed by atoms with Gasteiger partial charge in [-0.3, -0.25) is 9.59 Å². The van der Waals surface area contributed by atoms with E-state index in [4.69, 9.17) is 27.9 Å². The number of ether oxygens (including phenoxy) is 1. The highest BCUT2D eigenvalue weighted by atomic mass is 79.9. The van der Waals surface area contributed by atoms with E-state index in [1.54, 1.807) is 66.7 Å². The predicted octanol–water partition coefficient (Wildman–Crippen LogP) is 5.81. The van der Waals surface area contributed by atoms with E-state index in [1.165, 1.54) is 12.0 Å². The van der Waals surface area contributed by atoms with Crippen LogP contribution in [0.2, 0.25) is 10.0 Å². The van der Waals surface area contributed by atoms with Crippen LogP contribution in [0, 0.1) is 0 Å². The number of fused-ring (bicyclic) bond motifs is 1. The minimum absolute atomic E-state index is 0.242. The lowest BCUT2D eigenvalue weighted by molar-refractivity contribution is -0.147. The van der Waals surface area contributed by atoms with Gasteiger partial charge in [0.05, 0.1) is 18.4 Å². The lowest BCUT2D eigenvalue weighted by atomic mass is 9.97. The van der Waals surface area contributed by atoms with E-state index in [-0.39, 0.29) is 5.56 Å². The molecule has 0 bridgehead atoms. The number of amides is 2. The lowest BCUT2D eigenvalue weighted by Crippen LogP contribution is -2.44. The first-order valence-electron chi connectivity index (χ1n) is 9.82. The molecule has 0 fully saturated rings. The van der Waals surface area contributed by atoms with Gasteiger partial charge in [-0.15, -0.1) is 0 Å². The van der Waals surface area contributed by atoms with Gasteiger partial charge in [-0.05, 0) is 53.6 Å². The topological polar surface area (TPSA) is 75.7 Å². The molecule has 9 heteroatoms. The van der Waals surface area contributed by atoms with Gasteiger partial charge in [0.15, 0.2) is 6.04 Å². The van der Waals surface area contributed by atoms with Crippen LogP contribution in [0.3, 0.4) is 0 Å². The van der Waals surface area contributed by atoms with Gasteiger partial charge >= 0.3 is 5.97 Å². The van der Waals surface area contributed by atoms with E-state index in [0.717, 1.165) is 0 Å². The van der Waals surface area contributed by atoms with Gasteiger partial charge in [-0.25, -0.2) is 4.79 Å². The Hall–Kier alpha value is -2.87. The summed E-state index contributed by atoms with van der Waals surface area (Å²) >= 11 is 15.5. The van der Waals surface area contributed by atoms with Crippen molar-refractivity contribution in [3.05, 3.63) is 97.9 Å². The Morgan fingerprint density at radius 2 is 1.61 bits per heavy atom. The van der Waals surface area contributed by atoms with Gasteiger partial charge in [0, 0.05) is 14.5 Å². The Bertz CT molecular complexity index is 1230.